The Kier molecular flexibility index (Phi) is 6.35. The van der Waals surface area contributed by atoms with Crippen molar-refractivity contribution in [3.05, 3.63) is 59.8 Å². The standard InChI is InChI=1S/C25H28N4O5S/c1-17(30)29-23-7-6-20(35(32,33)28-10-12-34-13-11-28)14-19(23)15-24(29)25(31)26-9-8-18-16-27-22-5-3-2-4-21(18)22/h2-7,14,16,24,27H,8-13,15H2,1H3,(H,26,31)/t24-/m1/s1. The second-order valence-electron chi connectivity index (χ2n) is 8.82. The van der Waals surface area contributed by atoms with Gasteiger partial charge in [0.15, 0.2) is 0 Å². The number of morpholine rings is 1. The zero-order chi connectivity index (χ0) is 24.6. The van der Waals surface area contributed by atoms with Gasteiger partial charge in [0.1, 0.15) is 6.04 Å². The van der Waals surface area contributed by atoms with Gasteiger partial charge in [-0.25, -0.2) is 8.42 Å². The third-order valence-corrected chi connectivity index (χ3v) is 8.55. The molecular formula is C25H28N4O5S. The molecule has 9 nitrogen and oxygen atoms in total. The zero-order valence-corrected chi connectivity index (χ0v) is 20.3. The number of ether oxygens (including phenoxy) is 1. The fraction of sp³-hybridized carbons (Fsp3) is 0.360. The number of sulfonamides is 1. The van der Waals surface area contributed by atoms with Gasteiger partial charge in [-0.1, -0.05) is 18.2 Å². The molecule has 0 bridgehead atoms. The molecule has 1 saturated heterocycles. The summed E-state index contributed by atoms with van der Waals surface area (Å²) in [6, 6.07) is 12.0. The maximum Gasteiger partial charge on any atom is 0.243 e. The molecular weight excluding hydrogens is 468 g/mol. The lowest BCUT2D eigenvalue weighted by Crippen LogP contribution is -2.47. The van der Waals surface area contributed by atoms with Crippen LogP contribution in [0.4, 0.5) is 5.69 Å². The van der Waals surface area contributed by atoms with Crippen LogP contribution in [0.25, 0.3) is 10.9 Å². The Morgan fingerprint density at radius 2 is 1.91 bits per heavy atom. The summed E-state index contributed by atoms with van der Waals surface area (Å²) in [5.74, 6) is -0.516. The summed E-state index contributed by atoms with van der Waals surface area (Å²) in [6.07, 6.45) is 2.86. The van der Waals surface area contributed by atoms with Gasteiger partial charge in [0.2, 0.25) is 21.8 Å². The van der Waals surface area contributed by atoms with E-state index in [1.807, 2.05) is 30.5 Å². The Balaban J connectivity index is 1.30. The summed E-state index contributed by atoms with van der Waals surface area (Å²) < 4.78 is 32.8. The molecule has 5 rings (SSSR count). The Morgan fingerprint density at radius 3 is 2.69 bits per heavy atom. The second-order valence-corrected chi connectivity index (χ2v) is 10.8. The monoisotopic (exact) mass is 496 g/mol. The van der Waals surface area contributed by atoms with E-state index in [1.54, 1.807) is 12.1 Å². The van der Waals surface area contributed by atoms with Crippen molar-refractivity contribution in [2.24, 2.45) is 0 Å². The first-order valence-corrected chi connectivity index (χ1v) is 13.1. The summed E-state index contributed by atoms with van der Waals surface area (Å²) in [7, 11) is -3.67. The number of hydrogen-bond acceptors (Lipinski definition) is 5. The van der Waals surface area contributed by atoms with E-state index in [-0.39, 0.29) is 23.1 Å². The van der Waals surface area contributed by atoms with Crippen LogP contribution in [0.15, 0.2) is 53.6 Å². The van der Waals surface area contributed by atoms with Gasteiger partial charge in [-0.15, -0.1) is 0 Å². The Hall–Kier alpha value is -3.21. The number of H-pyrrole nitrogens is 1. The molecule has 0 unspecified atom stereocenters. The second kappa shape index (κ2) is 9.44. The summed E-state index contributed by atoms with van der Waals surface area (Å²) in [6.45, 7) is 3.18. The highest BCUT2D eigenvalue weighted by Crippen LogP contribution is 2.35. The number of para-hydroxylation sites is 1. The van der Waals surface area contributed by atoms with Gasteiger partial charge in [-0.05, 0) is 41.8 Å². The number of hydrogen-bond donors (Lipinski definition) is 2. The number of aromatic amines is 1. The van der Waals surface area contributed by atoms with Gasteiger partial charge in [0.05, 0.1) is 18.1 Å². The molecule has 0 radical (unpaired) electrons. The summed E-state index contributed by atoms with van der Waals surface area (Å²) in [4.78, 5) is 30.4. The van der Waals surface area contributed by atoms with E-state index in [1.165, 1.54) is 22.2 Å². The van der Waals surface area contributed by atoms with Crippen LogP contribution in [0.5, 0.6) is 0 Å². The lowest BCUT2D eigenvalue weighted by Gasteiger charge is -2.26. The van der Waals surface area contributed by atoms with E-state index in [2.05, 4.69) is 10.3 Å². The molecule has 1 aromatic heterocycles. The lowest BCUT2D eigenvalue weighted by molar-refractivity contribution is -0.125. The number of carbonyl (C=O) groups is 2. The Morgan fingerprint density at radius 1 is 1.14 bits per heavy atom. The number of aromatic nitrogens is 1. The highest BCUT2D eigenvalue weighted by atomic mass is 32.2. The molecule has 1 atom stereocenters. The number of fused-ring (bicyclic) bond motifs is 2. The predicted molar refractivity (Wildman–Crippen MR) is 132 cm³/mol. The van der Waals surface area contributed by atoms with E-state index in [0.717, 1.165) is 16.5 Å². The van der Waals surface area contributed by atoms with Crippen molar-refractivity contribution in [1.29, 1.82) is 0 Å². The highest BCUT2D eigenvalue weighted by molar-refractivity contribution is 7.89. The molecule has 2 aliphatic rings. The first-order chi connectivity index (χ1) is 16.9. The smallest absolute Gasteiger partial charge is 0.243 e. The molecule has 0 aliphatic carbocycles. The van der Waals surface area contributed by atoms with Gasteiger partial charge < -0.3 is 15.0 Å². The van der Waals surface area contributed by atoms with Gasteiger partial charge in [-0.2, -0.15) is 4.31 Å². The fourth-order valence-corrected chi connectivity index (χ4v) is 6.36. The van der Waals surface area contributed by atoms with Gasteiger partial charge in [0, 0.05) is 55.8 Å². The van der Waals surface area contributed by atoms with E-state index >= 15 is 0 Å². The van der Waals surface area contributed by atoms with E-state index in [9.17, 15) is 18.0 Å². The lowest BCUT2D eigenvalue weighted by atomic mass is 10.1. The van der Waals surface area contributed by atoms with E-state index in [4.69, 9.17) is 4.74 Å². The minimum Gasteiger partial charge on any atom is -0.379 e. The topological polar surface area (TPSA) is 112 Å². The highest BCUT2D eigenvalue weighted by Gasteiger charge is 2.38. The van der Waals surface area contributed by atoms with Gasteiger partial charge >= 0.3 is 0 Å². The van der Waals surface area contributed by atoms with Crippen molar-refractivity contribution in [2.75, 3.05) is 37.7 Å². The molecule has 0 spiro atoms. The quantitative estimate of drug-likeness (QED) is 0.541. The summed E-state index contributed by atoms with van der Waals surface area (Å²) in [5, 5.41) is 4.08. The number of carbonyl (C=O) groups excluding carboxylic acids is 2. The number of anilines is 1. The maximum atomic E-state index is 13.1. The van der Waals surface area contributed by atoms with Crippen molar-refractivity contribution in [3.63, 3.8) is 0 Å². The molecule has 3 aromatic rings. The molecule has 10 heteroatoms. The SMILES string of the molecule is CC(=O)N1c2ccc(S(=O)(=O)N3CCOCC3)cc2C[C@@H]1C(=O)NCCc1c[nH]c2ccccc12. The minimum atomic E-state index is -3.67. The van der Waals surface area contributed by atoms with Crippen LogP contribution in [0, 0.1) is 0 Å². The molecule has 3 heterocycles. The van der Waals surface area contributed by atoms with Crippen LogP contribution in [0.2, 0.25) is 0 Å². The third kappa shape index (κ3) is 4.44. The van der Waals surface area contributed by atoms with Crippen LogP contribution in [0.3, 0.4) is 0 Å². The third-order valence-electron chi connectivity index (χ3n) is 6.65. The minimum absolute atomic E-state index is 0.169. The number of benzene rings is 2. The fourth-order valence-electron chi connectivity index (χ4n) is 4.90. The Bertz CT molecular complexity index is 1380. The van der Waals surface area contributed by atoms with Crippen LogP contribution >= 0.6 is 0 Å². The molecule has 2 N–H and O–H groups in total. The summed E-state index contributed by atoms with van der Waals surface area (Å²) >= 11 is 0. The Labute approximate surface area is 204 Å². The zero-order valence-electron chi connectivity index (χ0n) is 19.5. The van der Waals surface area contributed by atoms with Crippen molar-refractivity contribution in [1.82, 2.24) is 14.6 Å². The maximum absolute atomic E-state index is 13.1. The average Bonchev–Trinajstić information content (AvgIpc) is 3.46. The molecule has 0 saturated carbocycles. The van der Waals surface area contributed by atoms with Crippen molar-refractivity contribution in [2.45, 2.75) is 30.7 Å². The first kappa shape index (κ1) is 23.5. The number of nitrogens with one attached hydrogen (secondary N) is 2. The average molecular weight is 497 g/mol. The number of amides is 2. The molecule has 35 heavy (non-hydrogen) atoms. The number of nitrogens with zero attached hydrogens (tertiary/aromatic N) is 2. The molecule has 1 fully saturated rings. The molecule has 2 aliphatic heterocycles. The van der Waals surface area contributed by atoms with Crippen LogP contribution < -0.4 is 10.2 Å². The molecule has 184 valence electrons. The van der Waals surface area contributed by atoms with Crippen LogP contribution in [0.1, 0.15) is 18.1 Å². The van der Waals surface area contributed by atoms with Crippen molar-refractivity contribution < 1.29 is 22.7 Å². The van der Waals surface area contributed by atoms with Crippen molar-refractivity contribution in [3.8, 4) is 0 Å². The molecule has 2 amide bonds. The first-order valence-electron chi connectivity index (χ1n) is 11.7. The van der Waals surface area contributed by atoms with Crippen molar-refractivity contribution >= 4 is 38.4 Å². The van der Waals surface area contributed by atoms with Crippen LogP contribution in [-0.4, -0.2) is 68.4 Å². The van der Waals surface area contributed by atoms with E-state index in [0.29, 0.717) is 50.5 Å². The van der Waals surface area contributed by atoms with E-state index < -0.39 is 16.1 Å². The van der Waals surface area contributed by atoms with Gasteiger partial charge in [-0.3, -0.25) is 14.5 Å². The van der Waals surface area contributed by atoms with Crippen LogP contribution in [-0.2, 0) is 37.2 Å². The number of rotatable bonds is 6. The van der Waals surface area contributed by atoms with Gasteiger partial charge in [0.25, 0.3) is 0 Å². The predicted octanol–water partition coefficient (Wildman–Crippen LogP) is 1.83. The largest absolute Gasteiger partial charge is 0.379 e. The summed E-state index contributed by atoms with van der Waals surface area (Å²) in [5.41, 5.74) is 3.41. The molecule has 2 aromatic carbocycles. The normalized spacial score (nSPS) is 18.5.